The molecule has 0 aliphatic carbocycles. The van der Waals surface area contributed by atoms with Gasteiger partial charge in [-0.2, -0.15) is 5.10 Å². The lowest BCUT2D eigenvalue weighted by Crippen LogP contribution is -1.91. The molecule has 2 N–H and O–H groups in total. The molecule has 0 unspecified atom stereocenters. The molecule has 3 rings (SSSR count). The first-order chi connectivity index (χ1) is 10.6. The molecule has 0 fully saturated rings. The fourth-order valence-corrected chi connectivity index (χ4v) is 2.68. The van der Waals surface area contributed by atoms with E-state index < -0.39 is 0 Å². The Kier molecular flexibility index (Phi) is 3.59. The van der Waals surface area contributed by atoms with Gasteiger partial charge >= 0.3 is 0 Å². The van der Waals surface area contributed by atoms with Gasteiger partial charge in [0.15, 0.2) is 0 Å². The summed E-state index contributed by atoms with van der Waals surface area (Å²) in [5.74, 6) is 0.859. The summed E-state index contributed by atoms with van der Waals surface area (Å²) < 4.78 is 5.25. The number of aryl methyl sites for hydroxylation is 1. The topological polar surface area (TPSA) is 58.1 Å². The van der Waals surface area contributed by atoms with E-state index in [1.807, 2.05) is 56.3 Å². The van der Waals surface area contributed by atoms with Crippen molar-refractivity contribution in [3.8, 4) is 33.9 Å². The number of hydrogen-bond acceptors (Lipinski definition) is 3. The number of benzene rings is 2. The Morgan fingerprint density at radius 3 is 2.45 bits per heavy atom. The lowest BCUT2D eigenvalue weighted by atomic mass is 9.97. The average Bonchev–Trinajstić information content (AvgIpc) is 2.92. The molecule has 0 bridgehead atoms. The number of phenols is 1. The van der Waals surface area contributed by atoms with Gasteiger partial charge in [0, 0.05) is 22.4 Å². The number of aromatic amines is 1. The zero-order valence-electron chi connectivity index (χ0n) is 12.8. The molecule has 4 nitrogen and oxygen atoms in total. The molecule has 3 aromatic rings. The normalized spacial score (nSPS) is 10.7. The quantitative estimate of drug-likeness (QED) is 0.765. The van der Waals surface area contributed by atoms with Gasteiger partial charge < -0.3 is 9.84 Å². The third-order valence-electron chi connectivity index (χ3n) is 3.87. The van der Waals surface area contributed by atoms with Gasteiger partial charge in [-0.05, 0) is 31.5 Å². The first-order valence-corrected chi connectivity index (χ1v) is 7.10. The van der Waals surface area contributed by atoms with Gasteiger partial charge in [-0.1, -0.05) is 30.3 Å². The molecule has 22 heavy (non-hydrogen) atoms. The molecule has 1 aromatic heterocycles. The second-order valence-electron chi connectivity index (χ2n) is 5.23. The smallest absolute Gasteiger partial charge is 0.131 e. The van der Waals surface area contributed by atoms with Crippen LogP contribution in [-0.2, 0) is 0 Å². The summed E-state index contributed by atoms with van der Waals surface area (Å²) in [6, 6.07) is 13.7. The largest absolute Gasteiger partial charge is 0.507 e. The zero-order valence-corrected chi connectivity index (χ0v) is 12.8. The third kappa shape index (κ3) is 2.22. The standard InChI is InChI=1S/C18H18N2O2/c1-11-15(22-3)10-9-14(18(11)21)17-16(12(2)19-20-17)13-7-5-4-6-8-13/h4-10,21H,1-3H3,(H,19,20). The fraction of sp³-hybridized carbons (Fsp3) is 0.167. The molecule has 0 amide bonds. The highest BCUT2D eigenvalue weighted by molar-refractivity contribution is 5.85. The number of rotatable bonds is 3. The van der Waals surface area contributed by atoms with Crippen molar-refractivity contribution in [3.05, 3.63) is 53.7 Å². The van der Waals surface area contributed by atoms with Crippen molar-refractivity contribution < 1.29 is 9.84 Å². The van der Waals surface area contributed by atoms with Crippen molar-refractivity contribution in [1.29, 1.82) is 0 Å². The molecule has 112 valence electrons. The van der Waals surface area contributed by atoms with E-state index in [2.05, 4.69) is 10.2 Å². The highest BCUT2D eigenvalue weighted by Gasteiger charge is 2.19. The van der Waals surface area contributed by atoms with Crippen molar-refractivity contribution in [3.63, 3.8) is 0 Å². The van der Waals surface area contributed by atoms with Gasteiger partial charge in [-0.25, -0.2) is 0 Å². The Morgan fingerprint density at radius 1 is 1.05 bits per heavy atom. The van der Waals surface area contributed by atoms with E-state index in [-0.39, 0.29) is 5.75 Å². The van der Waals surface area contributed by atoms with Crippen LogP contribution in [0.5, 0.6) is 11.5 Å². The van der Waals surface area contributed by atoms with Gasteiger partial charge in [0.25, 0.3) is 0 Å². The number of phenolic OH excluding ortho intramolecular Hbond substituents is 1. The van der Waals surface area contributed by atoms with Crippen LogP contribution >= 0.6 is 0 Å². The van der Waals surface area contributed by atoms with Crippen molar-refractivity contribution in [2.45, 2.75) is 13.8 Å². The first-order valence-electron chi connectivity index (χ1n) is 7.10. The van der Waals surface area contributed by atoms with E-state index in [1.54, 1.807) is 7.11 Å². The maximum Gasteiger partial charge on any atom is 0.131 e. The van der Waals surface area contributed by atoms with Gasteiger partial charge in [0.1, 0.15) is 17.2 Å². The minimum atomic E-state index is 0.197. The van der Waals surface area contributed by atoms with E-state index in [1.165, 1.54) is 0 Å². The summed E-state index contributed by atoms with van der Waals surface area (Å²) in [5, 5.41) is 17.9. The van der Waals surface area contributed by atoms with Crippen LogP contribution in [0.25, 0.3) is 22.4 Å². The number of nitrogens with one attached hydrogen (secondary N) is 1. The molecule has 0 aliphatic rings. The number of methoxy groups -OCH3 is 1. The lowest BCUT2D eigenvalue weighted by Gasteiger charge is -2.11. The maximum atomic E-state index is 10.5. The predicted molar refractivity (Wildman–Crippen MR) is 87.2 cm³/mol. The van der Waals surface area contributed by atoms with E-state index in [9.17, 15) is 5.11 Å². The number of H-pyrrole nitrogens is 1. The summed E-state index contributed by atoms with van der Waals surface area (Å²) in [4.78, 5) is 0. The van der Waals surface area contributed by atoms with Crippen LogP contribution in [0, 0.1) is 13.8 Å². The molecular formula is C18H18N2O2. The van der Waals surface area contributed by atoms with Crippen LogP contribution in [0.15, 0.2) is 42.5 Å². The summed E-state index contributed by atoms with van der Waals surface area (Å²) in [6.07, 6.45) is 0. The Labute approximate surface area is 129 Å². The van der Waals surface area contributed by atoms with Crippen LogP contribution in [0.4, 0.5) is 0 Å². The molecule has 0 saturated carbocycles. The molecular weight excluding hydrogens is 276 g/mol. The third-order valence-corrected chi connectivity index (χ3v) is 3.87. The monoisotopic (exact) mass is 294 g/mol. The number of ether oxygens (including phenoxy) is 1. The van der Waals surface area contributed by atoms with Gasteiger partial charge in [-0.15, -0.1) is 0 Å². The van der Waals surface area contributed by atoms with Crippen LogP contribution in [0.3, 0.4) is 0 Å². The summed E-state index contributed by atoms with van der Waals surface area (Å²) in [7, 11) is 1.59. The Bertz CT molecular complexity index is 807. The van der Waals surface area contributed by atoms with Crippen molar-refractivity contribution in [1.82, 2.24) is 10.2 Å². The second-order valence-corrected chi connectivity index (χ2v) is 5.23. The molecule has 0 spiro atoms. The van der Waals surface area contributed by atoms with Crippen LogP contribution in [-0.4, -0.2) is 22.4 Å². The van der Waals surface area contributed by atoms with Crippen LogP contribution in [0.2, 0.25) is 0 Å². The highest BCUT2D eigenvalue weighted by Crippen LogP contribution is 2.40. The average molecular weight is 294 g/mol. The van der Waals surface area contributed by atoms with E-state index in [0.29, 0.717) is 16.9 Å². The predicted octanol–water partition coefficient (Wildman–Crippen LogP) is 4.07. The van der Waals surface area contributed by atoms with E-state index in [4.69, 9.17) is 4.74 Å². The lowest BCUT2D eigenvalue weighted by molar-refractivity contribution is 0.403. The Hall–Kier alpha value is -2.75. The fourth-order valence-electron chi connectivity index (χ4n) is 2.68. The number of aromatic nitrogens is 2. The van der Waals surface area contributed by atoms with Crippen molar-refractivity contribution >= 4 is 0 Å². The molecule has 0 radical (unpaired) electrons. The van der Waals surface area contributed by atoms with Gasteiger partial charge in [-0.3, -0.25) is 5.10 Å². The van der Waals surface area contributed by atoms with Crippen LogP contribution < -0.4 is 4.74 Å². The molecule has 4 heteroatoms. The molecule has 0 saturated heterocycles. The summed E-state index contributed by atoms with van der Waals surface area (Å²) >= 11 is 0. The van der Waals surface area contributed by atoms with E-state index in [0.717, 1.165) is 22.5 Å². The first kappa shape index (κ1) is 14.2. The van der Waals surface area contributed by atoms with Crippen LogP contribution in [0.1, 0.15) is 11.3 Å². The molecule has 0 atom stereocenters. The Morgan fingerprint density at radius 2 is 1.77 bits per heavy atom. The van der Waals surface area contributed by atoms with Gasteiger partial charge in [0.2, 0.25) is 0 Å². The number of nitrogens with zero attached hydrogens (tertiary/aromatic N) is 1. The number of aromatic hydroxyl groups is 1. The molecule has 0 aliphatic heterocycles. The SMILES string of the molecule is COc1ccc(-c2n[nH]c(C)c2-c2ccccc2)c(O)c1C. The molecule has 1 heterocycles. The van der Waals surface area contributed by atoms with Gasteiger partial charge in [0.05, 0.1) is 7.11 Å². The highest BCUT2D eigenvalue weighted by atomic mass is 16.5. The van der Waals surface area contributed by atoms with Crippen molar-refractivity contribution in [2.75, 3.05) is 7.11 Å². The summed E-state index contributed by atoms with van der Waals surface area (Å²) in [5.41, 5.74) is 5.18. The Balaban J connectivity index is 2.21. The minimum absolute atomic E-state index is 0.197. The zero-order chi connectivity index (χ0) is 15.7. The minimum Gasteiger partial charge on any atom is -0.507 e. The van der Waals surface area contributed by atoms with Crippen molar-refractivity contribution in [2.24, 2.45) is 0 Å². The number of hydrogen-bond donors (Lipinski definition) is 2. The second kappa shape index (κ2) is 5.56. The maximum absolute atomic E-state index is 10.5. The van der Waals surface area contributed by atoms with E-state index >= 15 is 0 Å². The molecule has 2 aromatic carbocycles. The summed E-state index contributed by atoms with van der Waals surface area (Å²) in [6.45, 7) is 3.81.